The topological polar surface area (TPSA) is 85.8 Å². The van der Waals surface area contributed by atoms with E-state index in [4.69, 9.17) is 11.6 Å². The van der Waals surface area contributed by atoms with Crippen LogP contribution in [0.4, 0.5) is 23.8 Å². The van der Waals surface area contributed by atoms with E-state index in [1.54, 1.807) is 4.90 Å². The van der Waals surface area contributed by atoms with Gasteiger partial charge in [0.2, 0.25) is 5.91 Å². The summed E-state index contributed by atoms with van der Waals surface area (Å²) >= 11 is 6.02. The maximum atomic E-state index is 13.1. The number of pyridine rings is 1. The van der Waals surface area contributed by atoms with Gasteiger partial charge in [-0.15, -0.1) is 0 Å². The third kappa shape index (κ3) is 4.34. The van der Waals surface area contributed by atoms with Gasteiger partial charge in [-0.2, -0.15) is 13.2 Å². The zero-order valence-electron chi connectivity index (χ0n) is 18.1. The van der Waals surface area contributed by atoms with Crippen LogP contribution in [-0.2, 0) is 15.8 Å². The summed E-state index contributed by atoms with van der Waals surface area (Å²) in [5.74, 6) is -0.469. The minimum Gasteiger partial charge on any atom is -0.352 e. The standard InChI is InChI=1S/C21H25ClF3N5O3/c1-13-4-2-3-5-20(13)18(32)30(19(33)27-20)12-16(31)28-6-8-29(9-7-28)17-15(22)10-14(11-26-17)21(23,24)25/h10-11,13H,2-9,12H2,1H3,(H,27,33)/t13-,20-/m0/s1. The smallest absolute Gasteiger partial charge is 0.352 e. The molecule has 2 saturated heterocycles. The first-order chi connectivity index (χ1) is 15.5. The Morgan fingerprint density at radius 1 is 1.24 bits per heavy atom. The van der Waals surface area contributed by atoms with E-state index in [1.807, 2.05) is 6.92 Å². The number of urea groups is 1. The summed E-state index contributed by atoms with van der Waals surface area (Å²) in [6.07, 6.45) is -0.529. The third-order valence-electron chi connectivity index (χ3n) is 6.88. The van der Waals surface area contributed by atoms with Crippen molar-refractivity contribution in [3.63, 3.8) is 0 Å². The first-order valence-corrected chi connectivity index (χ1v) is 11.3. The lowest BCUT2D eigenvalue weighted by molar-refractivity contribution is -0.140. The number of halogens is 4. The highest BCUT2D eigenvalue weighted by Gasteiger charge is 2.55. The van der Waals surface area contributed by atoms with Gasteiger partial charge in [-0.1, -0.05) is 31.4 Å². The van der Waals surface area contributed by atoms with Crippen LogP contribution in [-0.4, -0.2) is 70.9 Å². The molecule has 33 heavy (non-hydrogen) atoms. The van der Waals surface area contributed by atoms with Gasteiger partial charge in [-0.25, -0.2) is 9.78 Å². The van der Waals surface area contributed by atoms with E-state index in [9.17, 15) is 27.6 Å². The number of alkyl halides is 3. The number of carbonyl (C=O) groups excluding carboxylic acids is 3. The van der Waals surface area contributed by atoms with Gasteiger partial charge in [0.15, 0.2) is 0 Å². The molecule has 2 atom stereocenters. The number of piperazine rings is 1. The highest BCUT2D eigenvalue weighted by atomic mass is 35.5. The van der Waals surface area contributed by atoms with Gasteiger partial charge in [-0.05, 0) is 24.8 Å². The Balaban J connectivity index is 1.36. The Morgan fingerprint density at radius 2 is 1.94 bits per heavy atom. The van der Waals surface area contributed by atoms with Crippen molar-refractivity contribution in [3.05, 3.63) is 22.8 Å². The van der Waals surface area contributed by atoms with Crippen LogP contribution < -0.4 is 10.2 Å². The molecule has 1 spiro atoms. The van der Waals surface area contributed by atoms with E-state index in [-0.39, 0.29) is 48.2 Å². The molecular weight excluding hydrogens is 463 g/mol. The molecule has 1 saturated carbocycles. The van der Waals surface area contributed by atoms with Crippen molar-refractivity contribution in [1.29, 1.82) is 0 Å². The van der Waals surface area contributed by atoms with Crippen LogP contribution in [0.1, 0.15) is 38.2 Å². The number of amides is 4. The molecule has 0 bridgehead atoms. The Labute approximate surface area is 194 Å². The van der Waals surface area contributed by atoms with Crippen molar-refractivity contribution in [2.75, 3.05) is 37.6 Å². The monoisotopic (exact) mass is 487 g/mol. The van der Waals surface area contributed by atoms with Gasteiger partial charge in [0.1, 0.15) is 17.9 Å². The van der Waals surface area contributed by atoms with Crippen LogP contribution in [0, 0.1) is 5.92 Å². The van der Waals surface area contributed by atoms with Crippen molar-refractivity contribution in [2.45, 2.75) is 44.3 Å². The minimum atomic E-state index is -4.53. The lowest BCUT2D eigenvalue weighted by atomic mass is 9.73. The van der Waals surface area contributed by atoms with E-state index in [1.165, 1.54) is 4.90 Å². The van der Waals surface area contributed by atoms with E-state index in [2.05, 4.69) is 10.3 Å². The lowest BCUT2D eigenvalue weighted by Gasteiger charge is -2.37. The molecular formula is C21H25ClF3N5O3. The normalized spacial score (nSPS) is 26.2. The van der Waals surface area contributed by atoms with Crippen molar-refractivity contribution in [2.24, 2.45) is 5.92 Å². The number of nitrogens with zero attached hydrogens (tertiary/aromatic N) is 4. The Morgan fingerprint density at radius 3 is 2.55 bits per heavy atom. The van der Waals surface area contributed by atoms with Crippen LogP contribution in [0.15, 0.2) is 12.3 Å². The van der Waals surface area contributed by atoms with E-state index >= 15 is 0 Å². The molecule has 0 aromatic carbocycles. The quantitative estimate of drug-likeness (QED) is 0.663. The number of aromatic nitrogens is 1. The molecule has 3 aliphatic rings. The molecule has 2 aliphatic heterocycles. The summed E-state index contributed by atoms with van der Waals surface area (Å²) in [7, 11) is 0. The second kappa shape index (κ2) is 8.66. The number of imide groups is 1. The summed E-state index contributed by atoms with van der Waals surface area (Å²) in [5.41, 5.74) is -1.84. The first kappa shape index (κ1) is 23.6. The van der Waals surface area contributed by atoms with Crippen molar-refractivity contribution < 1.29 is 27.6 Å². The first-order valence-electron chi connectivity index (χ1n) is 10.9. The summed E-state index contributed by atoms with van der Waals surface area (Å²) in [5, 5.41) is 2.72. The SMILES string of the molecule is C[C@H]1CCCC[C@]12NC(=O)N(CC(=O)N1CCN(c3ncc(C(F)(F)F)cc3Cl)CC1)C2=O. The number of hydrogen-bond donors (Lipinski definition) is 1. The van der Waals surface area contributed by atoms with Crippen LogP contribution >= 0.6 is 11.6 Å². The number of carbonyl (C=O) groups is 3. The molecule has 8 nitrogen and oxygen atoms in total. The molecule has 1 aliphatic carbocycles. The van der Waals surface area contributed by atoms with E-state index in [0.717, 1.165) is 36.4 Å². The molecule has 0 unspecified atom stereocenters. The van der Waals surface area contributed by atoms with Gasteiger partial charge in [0.05, 0.1) is 10.6 Å². The molecule has 3 fully saturated rings. The Hall–Kier alpha value is -2.56. The maximum Gasteiger partial charge on any atom is 0.417 e. The predicted molar refractivity (Wildman–Crippen MR) is 114 cm³/mol. The van der Waals surface area contributed by atoms with Crippen LogP contribution in [0.25, 0.3) is 0 Å². The maximum absolute atomic E-state index is 13.1. The summed E-state index contributed by atoms with van der Waals surface area (Å²) < 4.78 is 38.5. The van der Waals surface area contributed by atoms with Gasteiger partial charge in [-0.3, -0.25) is 14.5 Å². The zero-order valence-corrected chi connectivity index (χ0v) is 18.9. The molecule has 4 rings (SSSR count). The fourth-order valence-electron chi connectivity index (χ4n) is 4.86. The molecule has 1 aromatic rings. The van der Waals surface area contributed by atoms with Crippen molar-refractivity contribution in [1.82, 2.24) is 20.1 Å². The highest BCUT2D eigenvalue weighted by Crippen LogP contribution is 2.38. The number of anilines is 1. The van der Waals surface area contributed by atoms with Gasteiger partial charge in [0, 0.05) is 32.4 Å². The number of nitrogens with one attached hydrogen (secondary N) is 1. The molecule has 1 N–H and O–H groups in total. The fourth-order valence-corrected chi connectivity index (χ4v) is 5.15. The largest absolute Gasteiger partial charge is 0.417 e. The molecule has 180 valence electrons. The van der Waals surface area contributed by atoms with Crippen molar-refractivity contribution >= 4 is 35.3 Å². The van der Waals surface area contributed by atoms with Crippen LogP contribution in [0.2, 0.25) is 5.02 Å². The number of rotatable bonds is 3. The average Bonchev–Trinajstić information content (AvgIpc) is 3.00. The van der Waals surface area contributed by atoms with Gasteiger partial charge >= 0.3 is 12.2 Å². The lowest BCUT2D eigenvalue weighted by Crippen LogP contribution is -2.55. The predicted octanol–water partition coefficient (Wildman–Crippen LogP) is 2.90. The van der Waals surface area contributed by atoms with Crippen LogP contribution in [0.5, 0.6) is 0 Å². The van der Waals surface area contributed by atoms with E-state index < -0.39 is 23.3 Å². The van der Waals surface area contributed by atoms with Crippen LogP contribution in [0.3, 0.4) is 0 Å². The fraction of sp³-hybridized carbons (Fsp3) is 0.619. The summed E-state index contributed by atoms with van der Waals surface area (Å²) in [6, 6.07) is 0.294. The zero-order chi connectivity index (χ0) is 24.0. The minimum absolute atomic E-state index is 0.00679. The molecule has 0 radical (unpaired) electrons. The third-order valence-corrected chi connectivity index (χ3v) is 7.15. The van der Waals surface area contributed by atoms with Crippen molar-refractivity contribution in [3.8, 4) is 0 Å². The molecule has 4 amide bonds. The Bertz CT molecular complexity index is 967. The molecule has 3 heterocycles. The second-order valence-corrected chi connectivity index (χ2v) is 9.24. The average molecular weight is 488 g/mol. The Kier molecular flexibility index (Phi) is 6.19. The van der Waals surface area contributed by atoms with Gasteiger partial charge in [0.25, 0.3) is 5.91 Å². The number of hydrogen-bond acceptors (Lipinski definition) is 5. The molecule has 1 aromatic heterocycles. The summed E-state index contributed by atoms with van der Waals surface area (Å²) in [4.78, 5) is 46.5. The van der Waals surface area contributed by atoms with E-state index in [0.29, 0.717) is 19.5 Å². The second-order valence-electron chi connectivity index (χ2n) is 8.83. The van der Waals surface area contributed by atoms with Gasteiger partial charge < -0.3 is 15.1 Å². The highest BCUT2D eigenvalue weighted by molar-refractivity contribution is 6.33. The summed E-state index contributed by atoms with van der Waals surface area (Å²) in [6.45, 7) is 2.77. The molecule has 12 heteroatoms.